The molecule has 0 unspecified atom stereocenters. The SMILES string of the molecule is O=C(NCC1CCN(C(=O)c2ccc(-n3cnnn3)cc2O)CC1)c1ccco1. The van der Waals surface area contributed by atoms with Crippen LogP contribution in [-0.4, -0.2) is 61.7 Å². The zero-order chi connectivity index (χ0) is 20.2. The largest absolute Gasteiger partial charge is 0.507 e. The van der Waals surface area contributed by atoms with Crippen LogP contribution in [0.3, 0.4) is 0 Å². The van der Waals surface area contributed by atoms with Crippen molar-refractivity contribution in [3.05, 3.63) is 54.2 Å². The number of amides is 2. The molecule has 0 radical (unpaired) electrons. The second-order valence-corrected chi connectivity index (χ2v) is 6.88. The standard InChI is InChI=1S/C19H20N6O4/c26-16-10-14(25-12-21-22-23-25)3-4-15(16)19(28)24-7-5-13(6-8-24)11-20-18(27)17-2-1-9-29-17/h1-4,9-10,12-13,26H,5-8,11H2,(H,20,27). The van der Waals surface area contributed by atoms with E-state index >= 15 is 0 Å². The molecule has 1 aliphatic heterocycles. The topological polar surface area (TPSA) is 126 Å². The Labute approximate surface area is 166 Å². The molecule has 29 heavy (non-hydrogen) atoms. The molecule has 10 heteroatoms. The minimum absolute atomic E-state index is 0.115. The molecule has 0 saturated carbocycles. The number of carbonyl (C=O) groups is 2. The van der Waals surface area contributed by atoms with Gasteiger partial charge >= 0.3 is 0 Å². The first-order chi connectivity index (χ1) is 14.1. The Hall–Kier alpha value is -3.69. The van der Waals surface area contributed by atoms with Gasteiger partial charge in [0.05, 0.1) is 17.5 Å². The van der Waals surface area contributed by atoms with Crippen LogP contribution in [0, 0.1) is 5.92 Å². The summed E-state index contributed by atoms with van der Waals surface area (Å²) in [6.45, 7) is 1.66. The zero-order valence-corrected chi connectivity index (χ0v) is 15.6. The van der Waals surface area contributed by atoms with E-state index < -0.39 is 0 Å². The van der Waals surface area contributed by atoms with Crippen LogP contribution in [0.25, 0.3) is 5.69 Å². The summed E-state index contributed by atoms with van der Waals surface area (Å²) in [5, 5.41) is 24.0. The van der Waals surface area contributed by atoms with Crippen LogP contribution in [0.4, 0.5) is 0 Å². The highest BCUT2D eigenvalue weighted by molar-refractivity contribution is 5.97. The Balaban J connectivity index is 1.31. The number of rotatable bonds is 5. The predicted octanol–water partition coefficient (Wildman–Crippen LogP) is 1.24. The molecule has 0 bridgehead atoms. The fourth-order valence-electron chi connectivity index (χ4n) is 3.37. The van der Waals surface area contributed by atoms with Crippen LogP contribution in [0.1, 0.15) is 33.8 Å². The molecule has 2 aromatic heterocycles. The summed E-state index contributed by atoms with van der Waals surface area (Å²) in [6, 6.07) is 8.00. The third kappa shape index (κ3) is 4.10. The molecule has 0 aliphatic carbocycles. The van der Waals surface area contributed by atoms with Gasteiger partial charge in [-0.15, -0.1) is 5.10 Å². The number of phenolic OH excluding ortho intramolecular Hbond substituents is 1. The molecular formula is C19H20N6O4. The maximum Gasteiger partial charge on any atom is 0.286 e. The number of phenols is 1. The molecule has 10 nitrogen and oxygen atoms in total. The predicted molar refractivity (Wildman–Crippen MR) is 100 cm³/mol. The van der Waals surface area contributed by atoms with E-state index in [2.05, 4.69) is 20.8 Å². The second kappa shape index (κ2) is 8.13. The van der Waals surface area contributed by atoms with Crippen molar-refractivity contribution in [1.29, 1.82) is 0 Å². The van der Waals surface area contributed by atoms with E-state index in [1.54, 1.807) is 29.2 Å². The Kier molecular flexibility index (Phi) is 5.23. The number of tetrazole rings is 1. The number of nitrogens with one attached hydrogen (secondary N) is 1. The zero-order valence-electron chi connectivity index (χ0n) is 15.6. The molecule has 1 aliphatic rings. The molecule has 4 rings (SSSR count). The van der Waals surface area contributed by atoms with E-state index in [1.807, 2.05) is 0 Å². The summed E-state index contributed by atoms with van der Waals surface area (Å²) in [5.74, 6) is 0.00716. The first-order valence-electron chi connectivity index (χ1n) is 9.29. The molecule has 0 spiro atoms. The maximum atomic E-state index is 12.8. The number of furan rings is 1. The summed E-state index contributed by atoms with van der Waals surface area (Å²) in [4.78, 5) is 26.4. The van der Waals surface area contributed by atoms with Crippen LogP contribution < -0.4 is 5.32 Å². The number of carbonyl (C=O) groups excluding carboxylic acids is 2. The third-order valence-electron chi connectivity index (χ3n) is 5.02. The second-order valence-electron chi connectivity index (χ2n) is 6.88. The summed E-state index contributed by atoms with van der Waals surface area (Å²) in [7, 11) is 0. The number of likely N-dealkylation sites (tertiary alicyclic amines) is 1. The molecule has 0 atom stereocenters. The summed E-state index contributed by atoms with van der Waals surface area (Å²) >= 11 is 0. The molecule has 1 fully saturated rings. The summed E-state index contributed by atoms with van der Waals surface area (Å²) in [5.41, 5.74) is 0.807. The van der Waals surface area contributed by atoms with E-state index in [9.17, 15) is 14.7 Å². The molecule has 150 valence electrons. The lowest BCUT2D eigenvalue weighted by molar-refractivity contribution is 0.0680. The van der Waals surface area contributed by atoms with Crippen molar-refractivity contribution in [3.8, 4) is 11.4 Å². The maximum absolute atomic E-state index is 12.8. The Bertz CT molecular complexity index is 978. The van der Waals surface area contributed by atoms with Crippen LogP contribution in [0.15, 0.2) is 47.3 Å². The van der Waals surface area contributed by atoms with Crippen molar-refractivity contribution in [2.24, 2.45) is 5.92 Å². The van der Waals surface area contributed by atoms with Gasteiger partial charge in [0.2, 0.25) is 0 Å². The lowest BCUT2D eigenvalue weighted by Crippen LogP contribution is -2.41. The van der Waals surface area contributed by atoms with Crippen molar-refractivity contribution in [3.63, 3.8) is 0 Å². The number of piperidine rings is 1. The average molecular weight is 396 g/mol. The van der Waals surface area contributed by atoms with E-state index in [1.165, 1.54) is 23.3 Å². The quantitative estimate of drug-likeness (QED) is 0.664. The number of aromatic nitrogens is 4. The lowest BCUT2D eigenvalue weighted by Gasteiger charge is -2.32. The minimum atomic E-state index is -0.235. The Morgan fingerprint density at radius 1 is 1.24 bits per heavy atom. The highest BCUT2D eigenvalue weighted by Gasteiger charge is 2.26. The van der Waals surface area contributed by atoms with Gasteiger partial charge in [0.15, 0.2) is 5.76 Å². The van der Waals surface area contributed by atoms with E-state index in [4.69, 9.17) is 4.42 Å². The first kappa shape index (κ1) is 18.7. The van der Waals surface area contributed by atoms with Gasteiger partial charge < -0.3 is 19.7 Å². The van der Waals surface area contributed by atoms with Crippen molar-refractivity contribution >= 4 is 11.8 Å². The van der Waals surface area contributed by atoms with Gasteiger partial charge in [-0.2, -0.15) is 0 Å². The number of hydrogen-bond acceptors (Lipinski definition) is 7. The van der Waals surface area contributed by atoms with Gasteiger partial charge in [0, 0.05) is 25.7 Å². The third-order valence-corrected chi connectivity index (χ3v) is 5.02. The van der Waals surface area contributed by atoms with Crippen molar-refractivity contribution < 1.29 is 19.1 Å². The van der Waals surface area contributed by atoms with E-state index in [0.717, 1.165) is 12.8 Å². The van der Waals surface area contributed by atoms with Gasteiger partial charge in [-0.25, -0.2) is 4.68 Å². The van der Waals surface area contributed by atoms with Gasteiger partial charge in [0.25, 0.3) is 11.8 Å². The van der Waals surface area contributed by atoms with E-state index in [-0.39, 0.29) is 29.0 Å². The fraction of sp³-hybridized carbons (Fsp3) is 0.316. The van der Waals surface area contributed by atoms with Crippen LogP contribution in [-0.2, 0) is 0 Å². The number of hydrogen-bond donors (Lipinski definition) is 2. The molecule has 1 aromatic carbocycles. The number of aromatic hydroxyl groups is 1. The smallest absolute Gasteiger partial charge is 0.286 e. The van der Waals surface area contributed by atoms with Crippen LogP contribution >= 0.6 is 0 Å². The summed E-state index contributed by atoms with van der Waals surface area (Å²) < 4.78 is 6.47. The van der Waals surface area contributed by atoms with Gasteiger partial charge in [-0.1, -0.05) is 0 Å². The van der Waals surface area contributed by atoms with Crippen LogP contribution in [0.5, 0.6) is 5.75 Å². The highest BCUT2D eigenvalue weighted by Crippen LogP contribution is 2.25. The monoisotopic (exact) mass is 396 g/mol. The van der Waals surface area contributed by atoms with Crippen molar-refractivity contribution in [2.45, 2.75) is 12.8 Å². The number of nitrogens with zero attached hydrogens (tertiary/aromatic N) is 5. The van der Waals surface area contributed by atoms with Gasteiger partial charge in [0.1, 0.15) is 12.1 Å². The summed E-state index contributed by atoms with van der Waals surface area (Å²) in [6.07, 6.45) is 4.41. The Morgan fingerprint density at radius 2 is 2.07 bits per heavy atom. The molecule has 3 heterocycles. The average Bonchev–Trinajstić information content (AvgIpc) is 3.46. The van der Waals surface area contributed by atoms with Crippen LogP contribution in [0.2, 0.25) is 0 Å². The molecule has 3 aromatic rings. The molecule has 1 saturated heterocycles. The molecule has 2 amide bonds. The van der Waals surface area contributed by atoms with E-state index in [0.29, 0.717) is 31.1 Å². The molecular weight excluding hydrogens is 376 g/mol. The Morgan fingerprint density at radius 3 is 2.72 bits per heavy atom. The number of benzene rings is 1. The normalized spacial score (nSPS) is 14.7. The fourth-order valence-corrected chi connectivity index (χ4v) is 3.37. The van der Waals surface area contributed by atoms with Crippen molar-refractivity contribution in [2.75, 3.05) is 19.6 Å². The minimum Gasteiger partial charge on any atom is -0.507 e. The lowest BCUT2D eigenvalue weighted by atomic mass is 9.96. The van der Waals surface area contributed by atoms with Gasteiger partial charge in [-0.3, -0.25) is 9.59 Å². The van der Waals surface area contributed by atoms with Crippen molar-refractivity contribution in [1.82, 2.24) is 30.4 Å². The first-order valence-corrected chi connectivity index (χ1v) is 9.29. The van der Waals surface area contributed by atoms with Gasteiger partial charge in [-0.05, 0) is 53.5 Å². The molecule has 2 N–H and O–H groups in total. The highest BCUT2D eigenvalue weighted by atomic mass is 16.3.